The van der Waals surface area contributed by atoms with Gasteiger partial charge in [-0.3, -0.25) is 9.97 Å². The lowest BCUT2D eigenvalue weighted by molar-refractivity contribution is 0.222. The summed E-state index contributed by atoms with van der Waals surface area (Å²) >= 11 is 0. The molecule has 1 saturated heterocycles. The normalized spacial score (nSPS) is 17.8. The van der Waals surface area contributed by atoms with Gasteiger partial charge in [-0.25, -0.2) is 4.98 Å². The minimum Gasteiger partial charge on any atom is -0.346 e. The fourth-order valence-electron chi connectivity index (χ4n) is 6.63. The maximum absolute atomic E-state index is 4.80. The molecule has 3 aromatic heterocycles. The van der Waals surface area contributed by atoms with Gasteiger partial charge in [0.15, 0.2) is 0 Å². The zero-order chi connectivity index (χ0) is 26.3. The van der Waals surface area contributed by atoms with E-state index in [2.05, 4.69) is 74.6 Å². The number of fused-ring (bicyclic) bond motifs is 2. The second kappa shape index (κ2) is 10.0. The summed E-state index contributed by atoms with van der Waals surface area (Å²) in [4.78, 5) is 20.1. The molecule has 0 radical (unpaired) electrons. The van der Waals surface area contributed by atoms with E-state index < -0.39 is 0 Å². The van der Waals surface area contributed by atoms with Crippen LogP contribution in [0.2, 0.25) is 0 Å². The van der Waals surface area contributed by atoms with Crippen molar-refractivity contribution >= 4 is 11.0 Å². The molecule has 0 saturated carbocycles. The average Bonchev–Trinajstić information content (AvgIpc) is 3.59. The van der Waals surface area contributed by atoms with E-state index in [1.54, 1.807) is 0 Å². The second-order valence-electron chi connectivity index (χ2n) is 11.3. The molecule has 5 nitrogen and oxygen atoms in total. The number of rotatable bonds is 4. The van der Waals surface area contributed by atoms with Crippen LogP contribution in [-0.4, -0.2) is 44.0 Å². The topological polar surface area (TPSA) is 57.7 Å². The quantitative estimate of drug-likeness (QED) is 0.256. The minimum absolute atomic E-state index is 0.747. The molecule has 1 atom stereocenters. The third-order valence-corrected chi connectivity index (χ3v) is 8.76. The lowest BCUT2D eigenvalue weighted by Crippen LogP contribution is -2.32. The van der Waals surface area contributed by atoms with Crippen LogP contribution in [0.4, 0.5) is 0 Å². The Morgan fingerprint density at radius 2 is 1.51 bits per heavy atom. The molecule has 1 aliphatic carbocycles. The molecule has 1 fully saturated rings. The van der Waals surface area contributed by atoms with E-state index in [0.29, 0.717) is 0 Å². The molecule has 1 aliphatic heterocycles. The van der Waals surface area contributed by atoms with Crippen molar-refractivity contribution in [3.63, 3.8) is 0 Å². The van der Waals surface area contributed by atoms with E-state index in [1.165, 1.54) is 79.4 Å². The highest BCUT2D eigenvalue weighted by molar-refractivity contribution is 5.96. The first kappa shape index (κ1) is 24.2. The molecule has 1 N–H and O–H groups in total. The molecule has 0 unspecified atom stereocenters. The van der Waals surface area contributed by atoms with Gasteiger partial charge < -0.3 is 9.88 Å². The summed E-state index contributed by atoms with van der Waals surface area (Å²) in [5.41, 5.74) is 12.7. The van der Waals surface area contributed by atoms with Gasteiger partial charge in [0.05, 0.1) is 17.1 Å². The molecule has 0 bridgehead atoms. The van der Waals surface area contributed by atoms with E-state index >= 15 is 0 Å². The highest BCUT2D eigenvalue weighted by Crippen LogP contribution is 2.34. The van der Waals surface area contributed by atoms with E-state index in [4.69, 9.17) is 4.98 Å². The smallest absolute Gasteiger partial charge is 0.137 e. The van der Waals surface area contributed by atoms with Crippen molar-refractivity contribution in [1.82, 2.24) is 24.8 Å². The molecule has 2 aromatic carbocycles. The van der Waals surface area contributed by atoms with Crippen LogP contribution < -0.4 is 0 Å². The third kappa shape index (κ3) is 4.65. The summed E-state index contributed by atoms with van der Waals surface area (Å²) in [5.74, 6) is 0. The molecule has 7 rings (SSSR count). The third-order valence-electron chi connectivity index (χ3n) is 8.76. The fraction of sp³-hybridized carbons (Fsp3) is 0.324. The first-order valence-electron chi connectivity index (χ1n) is 14.4. The molecule has 2 aliphatic rings. The molecule has 0 spiro atoms. The van der Waals surface area contributed by atoms with Gasteiger partial charge in [0.2, 0.25) is 0 Å². The Morgan fingerprint density at radius 3 is 2.31 bits per heavy atom. The SMILES string of the molecule is Cc1cnc(-c2ccc(-c3c[nH]c4ncc(-c5ccc6c(c5)CC[C@@H](N5CCCC5)CC6)cc34)cc2)c(C)n1. The molecular weight excluding hydrogens is 478 g/mol. The number of hydrogen-bond acceptors (Lipinski definition) is 4. The molecule has 5 aromatic rings. The average molecular weight is 514 g/mol. The van der Waals surface area contributed by atoms with Crippen LogP contribution in [0.25, 0.3) is 44.5 Å². The van der Waals surface area contributed by atoms with E-state index in [0.717, 1.165) is 45.3 Å². The van der Waals surface area contributed by atoms with Crippen molar-refractivity contribution < 1.29 is 0 Å². The Kier molecular flexibility index (Phi) is 6.24. The first-order valence-corrected chi connectivity index (χ1v) is 14.4. The Labute approximate surface area is 230 Å². The van der Waals surface area contributed by atoms with Gasteiger partial charge in [-0.15, -0.1) is 0 Å². The highest BCUT2D eigenvalue weighted by atomic mass is 15.2. The monoisotopic (exact) mass is 513 g/mol. The van der Waals surface area contributed by atoms with Crippen molar-refractivity contribution in [2.75, 3.05) is 13.1 Å². The van der Waals surface area contributed by atoms with Crippen molar-refractivity contribution in [3.05, 3.63) is 89.6 Å². The summed E-state index contributed by atoms with van der Waals surface area (Å²) in [6.45, 7) is 6.58. The van der Waals surface area contributed by atoms with Gasteiger partial charge in [-0.05, 0) is 93.8 Å². The number of aromatic amines is 1. The van der Waals surface area contributed by atoms with Gasteiger partial charge in [0.25, 0.3) is 0 Å². The Morgan fingerprint density at radius 1 is 0.769 bits per heavy atom. The highest BCUT2D eigenvalue weighted by Gasteiger charge is 2.24. The van der Waals surface area contributed by atoms with Gasteiger partial charge in [0.1, 0.15) is 5.65 Å². The number of benzene rings is 2. The van der Waals surface area contributed by atoms with Crippen molar-refractivity contribution in [2.45, 2.75) is 58.4 Å². The number of pyridine rings is 1. The fourth-order valence-corrected chi connectivity index (χ4v) is 6.63. The predicted octanol–water partition coefficient (Wildman–Crippen LogP) is 7.31. The van der Waals surface area contributed by atoms with Crippen molar-refractivity contribution in [3.8, 4) is 33.5 Å². The van der Waals surface area contributed by atoms with Crippen LogP contribution in [0, 0.1) is 13.8 Å². The molecule has 196 valence electrons. The number of aromatic nitrogens is 4. The molecule has 0 amide bonds. The van der Waals surface area contributed by atoms with Crippen LogP contribution in [0.3, 0.4) is 0 Å². The van der Waals surface area contributed by atoms with Crippen LogP contribution >= 0.6 is 0 Å². The number of likely N-dealkylation sites (tertiary alicyclic amines) is 1. The van der Waals surface area contributed by atoms with Crippen molar-refractivity contribution in [2.24, 2.45) is 0 Å². The van der Waals surface area contributed by atoms with Gasteiger partial charge >= 0.3 is 0 Å². The standard InChI is InChI=1S/C34H35N5/c1-22-19-35-33(23(2)38-22)26-8-6-25(7-9-26)32-21-37-34-31(32)18-29(20-36-34)28-10-5-24-11-13-30(14-12-27(24)17-28)39-15-3-4-16-39/h5-10,17-21,30H,3-4,11-16H2,1-2H3,(H,36,37)/t30-/m0/s1. The molecular formula is C34H35N5. The number of hydrogen-bond donors (Lipinski definition) is 1. The van der Waals surface area contributed by atoms with E-state index in [9.17, 15) is 0 Å². The van der Waals surface area contributed by atoms with Crippen LogP contribution in [0.1, 0.15) is 48.2 Å². The largest absolute Gasteiger partial charge is 0.346 e. The number of nitrogens with zero attached hydrogens (tertiary/aromatic N) is 4. The van der Waals surface area contributed by atoms with Gasteiger partial charge in [0, 0.05) is 46.7 Å². The molecule has 39 heavy (non-hydrogen) atoms. The van der Waals surface area contributed by atoms with Crippen LogP contribution in [-0.2, 0) is 12.8 Å². The van der Waals surface area contributed by atoms with Crippen LogP contribution in [0.5, 0.6) is 0 Å². The van der Waals surface area contributed by atoms with E-state index in [1.807, 2.05) is 26.2 Å². The maximum atomic E-state index is 4.80. The lowest BCUT2D eigenvalue weighted by Gasteiger charge is -2.25. The summed E-state index contributed by atoms with van der Waals surface area (Å²) in [6.07, 6.45) is 13.6. The molecule has 4 heterocycles. The predicted molar refractivity (Wildman–Crippen MR) is 159 cm³/mol. The summed E-state index contributed by atoms with van der Waals surface area (Å²) in [7, 11) is 0. The Balaban J connectivity index is 1.17. The summed E-state index contributed by atoms with van der Waals surface area (Å²) in [5, 5.41) is 1.15. The Hall–Kier alpha value is -3.83. The second-order valence-corrected chi connectivity index (χ2v) is 11.3. The zero-order valence-corrected chi connectivity index (χ0v) is 22.9. The lowest BCUT2D eigenvalue weighted by atomic mass is 9.96. The zero-order valence-electron chi connectivity index (χ0n) is 22.9. The first-order chi connectivity index (χ1) is 19.1. The number of aryl methyl sites for hydroxylation is 4. The van der Waals surface area contributed by atoms with Crippen molar-refractivity contribution in [1.29, 1.82) is 0 Å². The Bertz CT molecular complexity index is 1640. The number of nitrogens with one attached hydrogen (secondary N) is 1. The number of H-pyrrole nitrogens is 1. The maximum Gasteiger partial charge on any atom is 0.137 e. The summed E-state index contributed by atoms with van der Waals surface area (Å²) < 4.78 is 0. The van der Waals surface area contributed by atoms with Crippen LogP contribution in [0.15, 0.2) is 67.1 Å². The minimum atomic E-state index is 0.747. The van der Waals surface area contributed by atoms with E-state index in [-0.39, 0.29) is 0 Å². The summed E-state index contributed by atoms with van der Waals surface area (Å²) in [6, 6.07) is 18.8. The van der Waals surface area contributed by atoms with Gasteiger partial charge in [-0.1, -0.05) is 42.5 Å². The van der Waals surface area contributed by atoms with Gasteiger partial charge in [-0.2, -0.15) is 0 Å². The molecule has 5 heteroatoms.